The monoisotopic (exact) mass is 299 g/mol. The number of imidazole rings is 1. The van der Waals surface area contributed by atoms with Crippen molar-refractivity contribution < 1.29 is 8.42 Å². The van der Waals surface area contributed by atoms with Crippen LogP contribution >= 0.6 is 11.6 Å². The molecule has 0 saturated carbocycles. The maximum Gasteiger partial charge on any atom is 0.201 e. The van der Waals surface area contributed by atoms with Crippen molar-refractivity contribution in [1.82, 2.24) is 9.55 Å². The number of nitrogen functional groups attached to an aromatic ring is 1. The van der Waals surface area contributed by atoms with Gasteiger partial charge >= 0.3 is 0 Å². The van der Waals surface area contributed by atoms with Crippen LogP contribution in [0.5, 0.6) is 0 Å². The number of fused-ring (bicyclic) bond motifs is 1. The number of hydrogen-bond donors (Lipinski definition) is 1. The lowest BCUT2D eigenvalue weighted by Gasteiger charge is -2.24. The Hall–Kier alpha value is -1.27. The molecule has 102 valence electrons. The minimum atomic E-state index is -2.88. The smallest absolute Gasteiger partial charge is 0.201 e. The third kappa shape index (κ3) is 2.19. The van der Waals surface area contributed by atoms with Crippen LogP contribution in [0.25, 0.3) is 11.0 Å². The number of anilines is 1. The zero-order chi connectivity index (χ0) is 13.6. The summed E-state index contributed by atoms with van der Waals surface area (Å²) in [5, 5.41) is 0.561. The maximum absolute atomic E-state index is 11.5. The summed E-state index contributed by atoms with van der Waals surface area (Å²) in [5.74, 6) is 0.807. The predicted molar refractivity (Wildman–Crippen MR) is 76.1 cm³/mol. The van der Waals surface area contributed by atoms with Crippen molar-refractivity contribution in [3.63, 3.8) is 0 Å². The lowest BCUT2D eigenvalue weighted by molar-refractivity contribution is 0.463. The van der Waals surface area contributed by atoms with E-state index >= 15 is 0 Å². The highest BCUT2D eigenvalue weighted by atomic mass is 35.5. The highest BCUT2D eigenvalue weighted by Crippen LogP contribution is 2.32. The number of benzene rings is 1. The summed E-state index contributed by atoms with van der Waals surface area (Å²) in [7, 11) is -2.88. The first kappa shape index (κ1) is 12.7. The molecule has 1 saturated heterocycles. The largest absolute Gasteiger partial charge is 0.369 e. The zero-order valence-electron chi connectivity index (χ0n) is 10.2. The van der Waals surface area contributed by atoms with E-state index in [1.54, 1.807) is 6.07 Å². The average Bonchev–Trinajstić information content (AvgIpc) is 2.68. The highest BCUT2D eigenvalue weighted by molar-refractivity contribution is 7.91. The van der Waals surface area contributed by atoms with Crippen molar-refractivity contribution in [2.24, 2.45) is 0 Å². The number of para-hydroxylation sites is 1. The second-order valence-electron chi connectivity index (χ2n) is 4.83. The molecule has 0 aliphatic carbocycles. The van der Waals surface area contributed by atoms with Crippen LogP contribution in [0.3, 0.4) is 0 Å². The average molecular weight is 300 g/mol. The van der Waals surface area contributed by atoms with Gasteiger partial charge in [-0.15, -0.1) is 0 Å². The van der Waals surface area contributed by atoms with Crippen LogP contribution in [0, 0.1) is 0 Å². The van der Waals surface area contributed by atoms with Gasteiger partial charge in [-0.2, -0.15) is 0 Å². The van der Waals surface area contributed by atoms with Crippen LogP contribution in [-0.4, -0.2) is 29.5 Å². The van der Waals surface area contributed by atoms with Gasteiger partial charge in [0.05, 0.1) is 22.0 Å². The third-order valence-electron chi connectivity index (χ3n) is 3.59. The number of hydrogen-bond acceptors (Lipinski definition) is 4. The summed E-state index contributed by atoms with van der Waals surface area (Å²) >= 11 is 6.10. The van der Waals surface area contributed by atoms with E-state index in [1.165, 1.54) is 0 Å². The lowest BCUT2D eigenvalue weighted by atomic mass is 10.1. The molecule has 5 nitrogen and oxygen atoms in total. The number of aromatic nitrogens is 2. The third-order valence-corrected chi connectivity index (χ3v) is 5.61. The van der Waals surface area contributed by atoms with Gasteiger partial charge in [-0.1, -0.05) is 17.7 Å². The number of nitrogens with zero attached hydrogens (tertiary/aromatic N) is 2. The molecule has 2 heterocycles. The number of nitrogens with two attached hydrogens (primary N) is 1. The highest BCUT2D eigenvalue weighted by Gasteiger charge is 2.27. The van der Waals surface area contributed by atoms with Crippen LogP contribution in [0.2, 0.25) is 5.02 Å². The summed E-state index contributed by atoms with van der Waals surface area (Å²) in [4.78, 5) is 4.28. The van der Waals surface area contributed by atoms with Crippen molar-refractivity contribution in [3.8, 4) is 0 Å². The Morgan fingerprint density at radius 1 is 1.32 bits per heavy atom. The van der Waals surface area contributed by atoms with Crippen molar-refractivity contribution in [1.29, 1.82) is 0 Å². The first-order valence-corrected chi connectivity index (χ1v) is 8.30. The normalized spacial score (nSPS) is 19.8. The fourth-order valence-electron chi connectivity index (χ4n) is 2.62. The molecule has 19 heavy (non-hydrogen) atoms. The van der Waals surface area contributed by atoms with Crippen molar-refractivity contribution in [3.05, 3.63) is 23.2 Å². The van der Waals surface area contributed by atoms with Crippen LogP contribution < -0.4 is 5.73 Å². The second-order valence-corrected chi connectivity index (χ2v) is 7.54. The molecule has 1 aromatic heterocycles. The Labute approximate surface area is 116 Å². The molecule has 0 unspecified atom stereocenters. The van der Waals surface area contributed by atoms with E-state index in [4.69, 9.17) is 17.3 Å². The molecule has 0 bridgehead atoms. The van der Waals surface area contributed by atoms with Crippen LogP contribution in [0.1, 0.15) is 18.9 Å². The number of halogens is 1. The van der Waals surface area contributed by atoms with Crippen LogP contribution in [-0.2, 0) is 9.84 Å². The Kier molecular flexibility index (Phi) is 2.94. The van der Waals surface area contributed by atoms with Crippen LogP contribution in [0.4, 0.5) is 5.95 Å². The van der Waals surface area contributed by atoms with E-state index in [0.717, 1.165) is 5.52 Å². The Bertz CT molecular complexity index is 725. The topological polar surface area (TPSA) is 78.0 Å². The van der Waals surface area contributed by atoms with Gasteiger partial charge < -0.3 is 10.3 Å². The summed E-state index contributed by atoms with van der Waals surface area (Å²) in [6, 6.07) is 5.61. The van der Waals surface area contributed by atoms with Gasteiger partial charge in [0.15, 0.2) is 0 Å². The molecule has 0 amide bonds. The van der Waals surface area contributed by atoms with E-state index in [1.807, 2.05) is 16.7 Å². The van der Waals surface area contributed by atoms with Gasteiger partial charge in [0, 0.05) is 6.04 Å². The molecule has 0 atom stereocenters. The Morgan fingerprint density at radius 3 is 2.68 bits per heavy atom. The maximum atomic E-state index is 11.5. The minimum Gasteiger partial charge on any atom is -0.369 e. The molecule has 2 aromatic rings. The van der Waals surface area contributed by atoms with Gasteiger partial charge in [0.2, 0.25) is 5.95 Å². The summed E-state index contributed by atoms with van der Waals surface area (Å²) in [6.07, 6.45) is 1.15. The van der Waals surface area contributed by atoms with E-state index < -0.39 is 9.84 Å². The summed E-state index contributed by atoms with van der Waals surface area (Å²) < 4.78 is 24.9. The van der Waals surface area contributed by atoms with Gasteiger partial charge in [0.25, 0.3) is 0 Å². The van der Waals surface area contributed by atoms with Gasteiger partial charge in [-0.3, -0.25) is 0 Å². The van der Waals surface area contributed by atoms with E-state index in [9.17, 15) is 8.42 Å². The first-order valence-electron chi connectivity index (χ1n) is 6.10. The van der Waals surface area contributed by atoms with Gasteiger partial charge in [-0.25, -0.2) is 13.4 Å². The Balaban J connectivity index is 2.06. The molecule has 1 fully saturated rings. The fraction of sp³-hybridized carbons (Fsp3) is 0.417. The molecule has 1 aliphatic heterocycles. The van der Waals surface area contributed by atoms with E-state index in [-0.39, 0.29) is 17.5 Å². The standard InChI is InChI=1S/C12H14ClN3O2S/c13-9-2-1-3-10-11(9)15-12(14)16(10)8-4-6-19(17,18)7-5-8/h1-3,8H,4-7H2,(H2,14,15). The van der Waals surface area contributed by atoms with Gasteiger partial charge in [-0.05, 0) is 25.0 Å². The molecular weight excluding hydrogens is 286 g/mol. The minimum absolute atomic E-state index is 0.0759. The van der Waals surface area contributed by atoms with Crippen molar-refractivity contribution in [2.45, 2.75) is 18.9 Å². The van der Waals surface area contributed by atoms with Gasteiger partial charge in [0.1, 0.15) is 15.4 Å². The number of sulfone groups is 1. The molecule has 0 radical (unpaired) electrons. The molecule has 3 rings (SSSR count). The molecule has 1 aliphatic rings. The molecule has 1 aromatic carbocycles. The number of rotatable bonds is 1. The van der Waals surface area contributed by atoms with Crippen molar-refractivity contribution >= 4 is 38.4 Å². The SMILES string of the molecule is Nc1nc2c(Cl)cccc2n1C1CCS(=O)(=O)CC1. The summed E-state index contributed by atoms with van der Waals surface area (Å²) in [5.41, 5.74) is 7.51. The van der Waals surface area contributed by atoms with Crippen molar-refractivity contribution in [2.75, 3.05) is 17.2 Å². The van der Waals surface area contributed by atoms with E-state index in [2.05, 4.69) is 4.98 Å². The fourth-order valence-corrected chi connectivity index (χ4v) is 4.30. The molecule has 2 N–H and O–H groups in total. The second kappa shape index (κ2) is 4.38. The van der Waals surface area contributed by atoms with Crippen LogP contribution in [0.15, 0.2) is 18.2 Å². The molecule has 7 heteroatoms. The predicted octanol–water partition coefficient (Wildman–Crippen LogP) is 2.02. The van der Waals surface area contributed by atoms with E-state index in [0.29, 0.717) is 29.3 Å². The zero-order valence-corrected chi connectivity index (χ0v) is 11.8. The molecular formula is C12H14ClN3O2S. The quantitative estimate of drug-likeness (QED) is 0.874. The lowest BCUT2D eigenvalue weighted by Crippen LogP contribution is -2.26. The molecule has 0 spiro atoms. The first-order chi connectivity index (χ1) is 8.98. The summed E-state index contributed by atoms with van der Waals surface area (Å²) in [6.45, 7) is 0. The Morgan fingerprint density at radius 2 is 2.00 bits per heavy atom.